The largest absolute Gasteiger partial charge is 0.457 e. The lowest BCUT2D eigenvalue weighted by Gasteiger charge is -2.30. The molecule has 1 unspecified atom stereocenters. The number of anilines is 1. The molecule has 1 aromatic heterocycles. The number of benzene rings is 3. The molecule has 1 atom stereocenters. The monoisotopic (exact) mass is 524 g/mol. The molecule has 9 nitrogen and oxygen atoms in total. The summed E-state index contributed by atoms with van der Waals surface area (Å²) in [6, 6.07) is 19.7. The van der Waals surface area contributed by atoms with Gasteiger partial charge in [-0.05, 0) is 92.5 Å². The number of hydrogen-bond donors (Lipinski definition) is 3. The Morgan fingerprint density at radius 2 is 1.87 bits per heavy atom. The van der Waals surface area contributed by atoms with E-state index in [1.165, 1.54) is 0 Å². The molecule has 5 rings (SSSR count). The van der Waals surface area contributed by atoms with Crippen LogP contribution in [0.3, 0.4) is 0 Å². The summed E-state index contributed by atoms with van der Waals surface area (Å²) in [6.45, 7) is 4.55. The van der Waals surface area contributed by atoms with Gasteiger partial charge in [0.2, 0.25) is 5.91 Å². The normalized spacial score (nSPS) is 15.6. The number of aryl methyl sites for hydroxylation is 1. The molecule has 1 fully saturated rings. The van der Waals surface area contributed by atoms with E-state index in [9.17, 15) is 9.59 Å². The number of likely N-dealkylation sites (tertiary alicyclic amines) is 1. The van der Waals surface area contributed by atoms with E-state index < -0.39 is 5.91 Å². The molecular weight excluding hydrogens is 492 g/mol. The van der Waals surface area contributed by atoms with Crippen molar-refractivity contribution in [2.24, 2.45) is 11.5 Å². The summed E-state index contributed by atoms with van der Waals surface area (Å²) in [4.78, 5) is 31.3. The van der Waals surface area contributed by atoms with Gasteiger partial charge in [0.05, 0.1) is 12.0 Å². The average Bonchev–Trinajstić information content (AvgIpc) is 3.35. The zero-order valence-electron chi connectivity index (χ0n) is 21.8. The number of nitrogens with one attached hydrogen (secondary N) is 1. The molecule has 4 aromatic rings. The highest BCUT2D eigenvalue weighted by Gasteiger charge is 2.18. The second-order valence-corrected chi connectivity index (χ2v) is 9.92. The number of primary amides is 1. The predicted octanol–water partition coefficient (Wildman–Crippen LogP) is 4.25. The molecule has 2 heterocycles. The number of nitrogens with zero attached hydrogens (tertiary/aromatic N) is 3. The summed E-state index contributed by atoms with van der Waals surface area (Å²) >= 11 is 0. The van der Waals surface area contributed by atoms with Crippen LogP contribution in [0, 0.1) is 6.92 Å². The van der Waals surface area contributed by atoms with Crippen LogP contribution >= 0.6 is 0 Å². The highest BCUT2D eigenvalue weighted by atomic mass is 16.5. The lowest BCUT2D eigenvalue weighted by atomic mass is 10.1. The van der Waals surface area contributed by atoms with Crippen molar-refractivity contribution in [1.29, 1.82) is 0 Å². The molecule has 9 heteroatoms. The SMILES string of the molecule is Cc1cn(-c2cc(CN3CCCC(N)C3)cc(NC(=O)c3cccc(Oc4ccc(C(N)=O)cc4)c3)c2)cn1. The summed E-state index contributed by atoms with van der Waals surface area (Å²) in [7, 11) is 0. The Morgan fingerprint density at radius 1 is 1.05 bits per heavy atom. The summed E-state index contributed by atoms with van der Waals surface area (Å²) in [5, 5.41) is 3.05. The van der Waals surface area contributed by atoms with Gasteiger partial charge in [-0.15, -0.1) is 0 Å². The number of imidazole rings is 1. The molecule has 3 aromatic carbocycles. The van der Waals surface area contributed by atoms with E-state index in [0.29, 0.717) is 28.3 Å². The van der Waals surface area contributed by atoms with Crippen LogP contribution in [0.25, 0.3) is 5.69 Å². The first-order valence-electron chi connectivity index (χ1n) is 12.9. The first kappa shape index (κ1) is 26.1. The molecule has 0 bridgehead atoms. The van der Waals surface area contributed by atoms with Gasteiger partial charge in [0.25, 0.3) is 5.91 Å². The molecular formula is C30H32N6O3. The van der Waals surface area contributed by atoms with Crippen LogP contribution < -0.4 is 21.5 Å². The van der Waals surface area contributed by atoms with E-state index in [4.69, 9.17) is 16.2 Å². The van der Waals surface area contributed by atoms with Gasteiger partial charge in [-0.2, -0.15) is 0 Å². The Labute approximate surface area is 227 Å². The van der Waals surface area contributed by atoms with Gasteiger partial charge in [0.15, 0.2) is 0 Å². The van der Waals surface area contributed by atoms with Crippen molar-refractivity contribution >= 4 is 17.5 Å². The quantitative estimate of drug-likeness (QED) is 0.316. The third-order valence-electron chi connectivity index (χ3n) is 6.66. The van der Waals surface area contributed by atoms with Crippen LogP contribution in [0.2, 0.25) is 0 Å². The third-order valence-corrected chi connectivity index (χ3v) is 6.66. The standard InChI is InChI=1S/C30H32N6O3/c1-20-16-36(19-33-20)26-13-21(17-35-11-3-5-24(31)18-35)12-25(15-26)34-30(38)23-4-2-6-28(14-23)39-27-9-7-22(8-10-27)29(32)37/h2,4,6-10,12-16,19,24H,3,5,11,17-18,31H2,1H3,(H2,32,37)(H,34,38). The topological polar surface area (TPSA) is 128 Å². The maximum atomic E-state index is 13.3. The smallest absolute Gasteiger partial charge is 0.255 e. The van der Waals surface area contributed by atoms with Crippen molar-refractivity contribution in [3.8, 4) is 17.2 Å². The van der Waals surface area contributed by atoms with Crippen molar-refractivity contribution in [3.63, 3.8) is 0 Å². The van der Waals surface area contributed by atoms with Crippen LogP contribution in [-0.4, -0.2) is 45.4 Å². The lowest BCUT2D eigenvalue weighted by Crippen LogP contribution is -2.42. The highest BCUT2D eigenvalue weighted by Crippen LogP contribution is 2.25. The van der Waals surface area contributed by atoms with Crippen molar-refractivity contribution in [2.45, 2.75) is 32.4 Å². The minimum atomic E-state index is -0.505. The van der Waals surface area contributed by atoms with Gasteiger partial charge in [-0.25, -0.2) is 4.98 Å². The van der Waals surface area contributed by atoms with E-state index in [0.717, 1.165) is 49.4 Å². The number of amides is 2. The summed E-state index contributed by atoms with van der Waals surface area (Å²) < 4.78 is 7.84. The van der Waals surface area contributed by atoms with Crippen molar-refractivity contribution in [3.05, 3.63) is 102 Å². The molecule has 200 valence electrons. The summed E-state index contributed by atoms with van der Waals surface area (Å²) in [6.07, 6.45) is 5.86. The maximum absolute atomic E-state index is 13.3. The molecule has 1 aliphatic heterocycles. The highest BCUT2D eigenvalue weighted by molar-refractivity contribution is 6.04. The zero-order valence-corrected chi connectivity index (χ0v) is 21.8. The van der Waals surface area contributed by atoms with Gasteiger partial charge in [0, 0.05) is 47.8 Å². The number of hydrogen-bond acceptors (Lipinski definition) is 6. The van der Waals surface area contributed by atoms with Crippen molar-refractivity contribution < 1.29 is 14.3 Å². The number of aromatic nitrogens is 2. The van der Waals surface area contributed by atoms with Gasteiger partial charge >= 0.3 is 0 Å². The number of carbonyl (C=O) groups is 2. The minimum absolute atomic E-state index is 0.188. The second-order valence-electron chi connectivity index (χ2n) is 9.92. The average molecular weight is 525 g/mol. The molecule has 0 aliphatic carbocycles. The number of rotatable bonds is 8. The van der Waals surface area contributed by atoms with Crippen LogP contribution in [0.4, 0.5) is 5.69 Å². The van der Waals surface area contributed by atoms with E-state index in [2.05, 4.69) is 21.3 Å². The summed E-state index contributed by atoms with van der Waals surface area (Å²) in [5.74, 6) is 0.270. The van der Waals surface area contributed by atoms with E-state index in [1.807, 2.05) is 29.8 Å². The zero-order chi connectivity index (χ0) is 27.4. The molecule has 0 radical (unpaired) electrons. The number of carbonyl (C=O) groups excluding carboxylic acids is 2. The Hall–Kier alpha value is -4.47. The second kappa shape index (κ2) is 11.5. The van der Waals surface area contributed by atoms with Gasteiger partial charge in [-0.1, -0.05) is 6.07 Å². The molecule has 1 saturated heterocycles. The first-order valence-corrected chi connectivity index (χ1v) is 12.9. The number of ether oxygens (including phenoxy) is 1. The molecule has 0 spiro atoms. The number of nitrogens with two attached hydrogens (primary N) is 2. The summed E-state index contributed by atoms with van der Waals surface area (Å²) in [5.41, 5.74) is 16.0. The Balaban J connectivity index is 1.35. The van der Waals surface area contributed by atoms with Crippen molar-refractivity contribution in [2.75, 3.05) is 18.4 Å². The van der Waals surface area contributed by atoms with Gasteiger partial charge in [0.1, 0.15) is 11.5 Å². The van der Waals surface area contributed by atoms with Gasteiger partial charge < -0.3 is 26.1 Å². The van der Waals surface area contributed by atoms with Gasteiger partial charge in [-0.3, -0.25) is 14.5 Å². The maximum Gasteiger partial charge on any atom is 0.255 e. The third kappa shape index (κ3) is 6.70. The lowest BCUT2D eigenvalue weighted by molar-refractivity contribution is 0.0997. The Kier molecular flexibility index (Phi) is 7.72. The molecule has 1 aliphatic rings. The predicted molar refractivity (Wildman–Crippen MR) is 150 cm³/mol. The minimum Gasteiger partial charge on any atom is -0.457 e. The van der Waals surface area contributed by atoms with Crippen LogP contribution in [0.1, 0.15) is 44.8 Å². The van der Waals surface area contributed by atoms with E-state index in [-0.39, 0.29) is 11.9 Å². The molecule has 2 amide bonds. The molecule has 39 heavy (non-hydrogen) atoms. The first-order chi connectivity index (χ1) is 18.8. The fourth-order valence-electron chi connectivity index (χ4n) is 4.77. The van der Waals surface area contributed by atoms with Crippen LogP contribution in [-0.2, 0) is 6.54 Å². The van der Waals surface area contributed by atoms with Crippen molar-refractivity contribution in [1.82, 2.24) is 14.5 Å². The van der Waals surface area contributed by atoms with E-state index >= 15 is 0 Å². The number of piperidine rings is 1. The Morgan fingerprint density at radius 3 is 2.59 bits per heavy atom. The fraction of sp³-hybridized carbons (Fsp3) is 0.233. The van der Waals surface area contributed by atoms with E-state index in [1.54, 1.807) is 54.9 Å². The van der Waals surface area contributed by atoms with Crippen LogP contribution in [0.5, 0.6) is 11.5 Å². The molecule has 0 saturated carbocycles. The fourth-order valence-corrected chi connectivity index (χ4v) is 4.77. The van der Waals surface area contributed by atoms with Crippen LogP contribution in [0.15, 0.2) is 79.3 Å². The Bertz CT molecular complexity index is 1480. The molecule has 5 N–H and O–H groups in total.